The van der Waals surface area contributed by atoms with Gasteiger partial charge in [0.1, 0.15) is 0 Å². The van der Waals surface area contributed by atoms with Gasteiger partial charge in [0.25, 0.3) is 0 Å². The van der Waals surface area contributed by atoms with Gasteiger partial charge in [0.15, 0.2) is 5.96 Å². The smallest absolute Gasteiger partial charge is 0.726 e. The zero-order valence-corrected chi connectivity index (χ0v) is 10.8. The summed E-state index contributed by atoms with van der Waals surface area (Å²) in [6.45, 7) is 3.77. The quantitative estimate of drug-likeness (QED) is 0.130. The van der Waals surface area contributed by atoms with Crippen LogP contribution in [0.1, 0.15) is 13.8 Å². The third kappa shape index (κ3) is 51.4. The fourth-order valence-corrected chi connectivity index (χ4v) is 0.426. The van der Waals surface area contributed by atoms with E-state index in [2.05, 4.69) is 9.98 Å². The second-order valence-electron chi connectivity index (χ2n) is 2.55. The summed E-state index contributed by atoms with van der Waals surface area (Å²) in [5.41, 5.74) is 15.4. The van der Waals surface area contributed by atoms with E-state index in [1.54, 1.807) is 0 Å². The van der Waals surface area contributed by atoms with Gasteiger partial charge in [-0.1, -0.05) is 0 Å². The molecule has 0 aromatic heterocycles. The van der Waals surface area contributed by atoms with E-state index in [1.807, 2.05) is 13.8 Å². The molecule has 0 amide bonds. The Morgan fingerprint density at radius 3 is 1.76 bits per heavy atom. The van der Waals surface area contributed by atoms with Crippen LogP contribution in [0.15, 0.2) is 9.98 Å². The average Bonchev–Trinajstić information content (AvgIpc) is 1.76. The van der Waals surface area contributed by atoms with Crippen LogP contribution in [-0.2, 0) is 27.5 Å². The third-order valence-corrected chi connectivity index (χ3v) is 0.634. The van der Waals surface area contributed by atoms with Gasteiger partial charge < -0.3 is 27.2 Å². The molecule has 0 saturated carbocycles. The normalized spacial score (nSPS) is 10.3. The van der Waals surface area contributed by atoms with E-state index < -0.39 is 10.4 Å². The molecule has 0 rings (SSSR count). The van der Waals surface area contributed by atoms with E-state index in [1.165, 1.54) is 0 Å². The minimum Gasteiger partial charge on any atom is -0.726 e. The summed E-state index contributed by atoms with van der Waals surface area (Å²) in [4.78, 5) is 7.38. The molecule has 0 spiro atoms. The predicted octanol–water partition coefficient (Wildman–Crippen LogP) is -2.84. The molecule has 108 valence electrons. The Morgan fingerprint density at radius 1 is 1.29 bits per heavy atom. The Labute approximate surface area is 110 Å². The van der Waals surface area contributed by atoms with E-state index in [4.69, 9.17) is 34.7 Å². The number of aliphatic imine (C=N–C) groups is 2. The van der Waals surface area contributed by atoms with Gasteiger partial charge in [0.2, 0.25) is 16.4 Å². The van der Waals surface area contributed by atoms with E-state index in [0.717, 1.165) is 0 Å². The number of hydrogen-bond donors (Lipinski definition) is 4. The molecule has 17 heavy (non-hydrogen) atoms. The van der Waals surface area contributed by atoms with Crippen LogP contribution < -0.4 is 17.2 Å². The Balaban J connectivity index is -0.000000105. The fourth-order valence-electron chi connectivity index (χ4n) is 0.426. The maximum atomic E-state index is 8.63. The molecule has 0 fully saturated rings. The third-order valence-electron chi connectivity index (χ3n) is 0.634. The fraction of sp³-hybridized carbons (Fsp3) is 0.600. The van der Waals surface area contributed by atoms with Crippen molar-refractivity contribution in [1.82, 2.24) is 0 Å². The van der Waals surface area contributed by atoms with Gasteiger partial charge in [-0.25, -0.2) is 13.4 Å². The van der Waals surface area contributed by atoms with Gasteiger partial charge in [0, 0.05) is 6.04 Å². The van der Waals surface area contributed by atoms with Crippen LogP contribution >= 0.6 is 0 Å². The maximum Gasteiger partial charge on any atom is 1.00 e. The van der Waals surface area contributed by atoms with Crippen LogP contribution in [0, 0.1) is 0 Å². The summed E-state index contributed by atoms with van der Waals surface area (Å²) in [7, 11) is -4.92. The van der Waals surface area contributed by atoms with Crippen molar-refractivity contribution in [1.29, 1.82) is 0 Å². The van der Waals surface area contributed by atoms with Crippen LogP contribution in [-0.4, -0.2) is 41.0 Å². The maximum absolute atomic E-state index is 8.63. The van der Waals surface area contributed by atoms with Crippen molar-refractivity contribution in [2.24, 2.45) is 27.2 Å². The predicted molar refractivity (Wildman–Crippen MR) is 58.5 cm³/mol. The molecule has 0 saturated heterocycles. The molecule has 0 atom stereocenters. The van der Waals surface area contributed by atoms with Crippen molar-refractivity contribution in [3.63, 3.8) is 0 Å². The first-order valence-electron chi connectivity index (χ1n) is 3.63. The monoisotopic (exact) mass is 321 g/mol. The summed E-state index contributed by atoms with van der Waals surface area (Å²) in [6, 6.07) is 0.114. The van der Waals surface area contributed by atoms with Crippen molar-refractivity contribution in [3.05, 3.63) is 0 Å². The second-order valence-corrected chi connectivity index (χ2v) is 3.40. The molecule has 0 radical (unpaired) electrons. The first-order valence-corrected chi connectivity index (χ1v) is 5.00. The average molecular weight is 322 g/mol. The van der Waals surface area contributed by atoms with Gasteiger partial charge in [-0.05, 0) is 13.8 Å². The second kappa shape index (κ2) is 11.6. The van der Waals surface area contributed by atoms with Crippen LogP contribution in [0.4, 0.5) is 0 Å². The molecule has 0 heterocycles. The van der Waals surface area contributed by atoms with E-state index >= 15 is 0 Å². The molecule has 0 aromatic rings. The standard InChI is InChI=1S/C5H13N5.Cu.H2O4S.H2O/c1-3(2)9-5(8)10-4(6)7;;1-5(2,3)4;/h3H,1-2H3,(H6,6,7,8,9,10);;(H2,1,2,3,4);1H2/q;+1;;/p-1. The van der Waals surface area contributed by atoms with Crippen LogP contribution in [0.25, 0.3) is 0 Å². The molecule has 10 nitrogen and oxygen atoms in total. The minimum atomic E-state index is -4.92. The molecule has 0 unspecified atom stereocenters. The summed E-state index contributed by atoms with van der Waals surface area (Å²) >= 11 is 0. The van der Waals surface area contributed by atoms with Gasteiger partial charge in [0.05, 0.1) is 0 Å². The van der Waals surface area contributed by atoms with Crippen LogP contribution in [0.3, 0.4) is 0 Å². The number of nitrogens with zero attached hydrogens (tertiary/aromatic N) is 2. The number of hydrogen-bond acceptors (Lipinski definition) is 4. The minimum absolute atomic E-state index is 0. The molecular formula is C5H16CuN5O5S. The van der Waals surface area contributed by atoms with Crippen molar-refractivity contribution in [2.45, 2.75) is 19.9 Å². The molecule has 0 aliphatic carbocycles. The van der Waals surface area contributed by atoms with Crippen molar-refractivity contribution >= 4 is 22.3 Å². The topological polar surface area (TPSA) is 212 Å². The van der Waals surface area contributed by atoms with E-state index in [0.29, 0.717) is 0 Å². The molecule has 0 bridgehead atoms. The molecule has 12 heteroatoms. The number of nitrogens with two attached hydrogens (primary N) is 3. The van der Waals surface area contributed by atoms with Crippen LogP contribution in [0.2, 0.25) is 0 Å². The van der Waals surface area contributed by atoms with E-state index in [9.17, 15) is 0 Å². The zero-order chi connectivity index (χ0) is 12.6. The van der Waals surface area contributed by atoms with Crippen molar-refractivity contribution in [2.75, 3.05) is 0 Å². The SMILES string of the molecule is CC(C)N=C(N)N=C(N)N.O.O=S(=O)([O-])O.[Cu+]. The van der Waals surface area contributed by atoms with Gasteiger partial charge in [-0.3, -0.25) is 4.55 Å². The van der Waals surface area contributed by atoms with Crippen LogP contribution in [0.5, 0.6) is 0 Å². The number of rotatable bonds is 1. The largest absolute Gasteiger partial charge is 1.00 e. The van der Waals surface area contributed by atoms with Crippen molar-refractivity contribution < 1.29 is 40.1 Å². The molecule has 0 aliphatic heterocycles. The van der Waals surface area contributed by atoms with Gasteiger partial charge in [-0.15, -0.1) is 0 Å². The summed E-state index contributed by atoms with van der Waals surface area (Å²) < 4.78 is 32.8. The van der Waals surface area contributed by atoms with Gasteiger partial charge in [-0.2, -0.15) is 4.99 Å². The first kappa shape index (κ1) is 25.1. The molecule has 0 aliphatic rings. The Hall–Kier alpha value is -0.911. The van der Waals surface area contributed by atoms with E-state index in [-0.39, 0.29) is 40.5 Å². The summed E-state index contributed by atoms with van der Waals surface area (Å²) in [5, 5.41) is 0. The Kier molecular flexibility index (Phi) is 17.1. The molecule has 0 aromatic carbocycles. The summed E-state index contributed by atoms with van der Waals surface area (Å²) in [6.07, 6.45) is 0. The Morgan fingerprint density at radius 2 is 1.59 bits per heavy atom. The first-order chi connectivity index (χ1) is 6.52. The summed E-state index contributed by atoms with van der Waals surface area (Å²) in [5.74, 6) is 0.0527. The molecular weight excluding hydrogens is 306 g/mol. The molecule has 9 N–H and O–H groups in total. The zero-order valence-electron chi connectivity index (χ0n) is 9.09. The van der Waals surface area contributed by atoms with Gasteiger partial charge >= 0.3 is 17.1 Å². The number of guanidine groups is 2. The Bertz CT molecular complexity index is 329. The van der Waals surface area contributed by atoms with Crippen molar-refractivity contribution in [3.8, 4) is 0 Å².